The molecule has 0 aromatic carbocycles. The van der Waals surface area contributed by atoms with Gasteiger partial charge in [-0.15, -0.1) is 0 Å². The first-order chi connectivity index (χ1) is 9.24. The topological polar surface area (TPSA) is 52.6 Å². The number of rotatable bonds is 8. The lowest BCUT2D eigenvalue weighted by Gasteiger charge is -2.17. The van der Waals surface area contributed by atoms with Crippen molar-refractivity contribution in [1.29, 1.82) is 0 Å². The van der Waals surface area contributed by atoms with Crippen LogP contribution < -0.4 is 0 Å². The zero-order valence-electron chi connectivity index (χ0n) is 13.0. The van der Waals surface area contributed by atoms with E-state index in [-0.39, 0.29) is 5.95 Å². The first-order valence-electron chi connectivity index (χ1n) is 6.98. The lowest BCUT2D eigenvalue weighted by Crippen LogP contribution is -2.09. The maximum absolute atomic E-state index is 11.5. The third kappa shape index (κ3) is 11.5. The van der Waals surface area contributed by atoms with E-state index >= 15 is 0 Å². The second kappa shape index (κ2) is 9.34. The highest BCUT2D eigenvalue weighted by atomic mass is 16.7. The molecule has 0 amide bonds. The van der Waals surface area contributed by atoms with Gasteiger partial charge >= 0.3 is 11.9 Å². The van der Waals surface area contributed by atoms with Crippen LogP contribution in [0.15, 0.2) is 24.7 Å². The van der Waals surface area contributed by atoms with E-state index in [0.717, 1.165) is 25.7 Å². The second-order valence-corrected chi connectivity index (χ2v) is 5.89. The van der Waals surface area contributed by atoms with E-state index in [2.05, 4.69) is 32.1 Å². The maximum Gasteiger partial charge on any atom is 0.338 e. The highest BCUT2D eigenvalue weighted by Gasteiger charge is 2.11. The third-order valence-electron chi connectivity index (χ3n) is 2.55. The lowest BCUT2D eigenvalue weighted by atomic mass is 9.89. The van der Waals surface area contributed by atoms with Crippen molar-refractivity contribution in [3.63, 3.8) is 0 Å². The van der Waals surface area contributed by atoms with Crippen LogP contribution in [0.3, 0.4) is 0 Å². The van der Waals surface area contributed by atoms with E-state index in [9.17, 15) is 9.59 Å². The van der Waals surface area contributed by atoms with Gasteiger partial charge in [0.2, 0.25) is 0 Å². The lowest BCUT2D eigenvalue weighted by molar-refractivity contribution is -0.150. The van der Waals surface area contributed by atoms with E-state index in [1.165, 1.54) is 12.2 Å². The van der Waals surface area contributed by atoms with Crippen molar-refractivity contribution in [3.8, 4) is 0 Å². The average molecular weight is 282 g/mol. The Labute approximate surface area is 121 Å². The largest absolute Gasteiger partial charge is 0.393 e. The van der Waals surface area contributed by atoms with Crippen LogP contribution in [-0.4, -0.2) is 11.9 Å². The number of esters is 2. The van der Waals surface area contributed by atoms with E-state index in [1.807, 2.05) is 0 Å². The Bertz CT molecular complexity index is 361. The predicted octanol–water partition coefficient (Wildman–Crippen LogP) is 4.12. The summed E-state index contributed by atoms with van der Waals surface area (Å²) in [6.07, 6.45) is 7.05. The van der Waals surface area contributed by atoms with Gasteiger partial charge < -0.3 is 9.47 Å². The van der Waals surface area contributed by atoms with Crippen molar-refractivity contribution < 1.29 is 19.1 Å². The molecule has 114 valence electrons. The predicted molar refractivity (Wildman–Crippen MR) is 78.7 cm³/mol. The van der Waals surface area contributed by atoms with Crippen LogP contribution in [0.25, 0.3) is 0 Å². The monoisotopic (exact) mass is 282 g/mol. The van der Waals surface area contributed by atoms with Gasteiger partial charge in [-0.3, -0.25) is 4.79 Å². The third-order valence-corrected chi connectivity index (χ3v) is 2.55. The summed E-state index contributed by atoms with van der Waals surface area (Å²) in [5.74, 6) is -1.29. The average Bonchev–Trinajstić information content (AvgIpc) is 2.26. The molecule has 0 radical (unpaired) electrons. The van der Waals surface area contributed by atoms with Crippen LogP contribution in [0.2, 0.25) is 0 Å². The molecule has 0 saturated carbocycles. The van der Waals surface area contributed by atoms with Gasteiger partial charge in [0.1, 0.15) is 0 Å². The first-order valence-corrected chi connectivity index (χ1v) is 6.98. The summed E-state index contributed by atoms with van der Waals surface area (Å²) in [6, 6.07) is 0. The molecule has 0 fully saturated rings. The molecular formula is C16H26O4. The van der Waals surface area contributed by atoms with Crippen molar-refractivity contribution in [2.24, 2.45) is 5.41 Å². The summed E-state index contributed by atoms with van der Waals surface area (Å²) in [5.41, 5.74) is 0.329. The van der Waals surface area contributed by atoms with Crippen LogP contribution in [0.5, 0.6) is 0 Å². The van der Waals surface area contributed by atoms with E-state index in [0.29, 0.717) is 11.8 Å². The molecule has 0 bridgehead atoms. The fourth-order valence-electron chi connectivity index (χ4n) is 1.58. The molecule has 0 atom stereocenters. The minimum Gasteiger partial charge on any atom is -0.393 e. The van der Waals surface area contributed by atoms with Gasteiger partial charge in [-0.25, -0.2) is 4.79 Å². The second-order valence-electron chi connectivity index (χ2n) is 5.89. The summed E-state index contributed by atoms with van der Waals surface area (Å²) in [4.78, 5) is 22.5. The van der Waals surface area contributed by atoms with Gasteiger partial charge in [-0.1, -0.05) is 39.7 Å². The molecule has 0 aromatic rings. The van der Waals surface area contributed by atoms with Gasteiger partial charge in [0.25, 0.3) is 5.95 Å². The molecule has 0 N–H and O–H groups in total. The number of carbonyl (C=O) groups is 2. The van der Waals surface area contributed by atoms with Crippen molar-refractivity contribution in [3.05, 3.63) is 24.7 Å². The van der Waals surface area contributed by atoms with E-state index < -0.39 is 11.9 Å². The Balaban J connectivity index is 3.73. The van der Waals surface area contributed by atoms with Crippen molar-refractivity contribution in [1.82, 2.24) is 0 Å². The Morgan fingerprint density at radius 2 is 1.75 bits per heavy atom. The number of ether oxygens (including phenoxy) is 2. The summed E-state index contributed by atoms with van der Waals surface area (Å²) in [7, 11) is 0. The summed E-state index contributed by atoms with van der Waals surface area (Å²) >= 11 is 0. The molecule has 0 rings (SSSR count). The summed E-state index contributed by atoms with van der Waals surface area (Å²) in [6.45, 7) is 11.7. The summed E-state index contributed by atoms with van der Waals surface area (Å²) < 4.78 is 9.47. The highest BCUT2D eigenvalue weighted by Crippen LogP contribution is 2.22. The van der Waals surface area contributed by atoms with Crippen LogP contribution in [0.1, 0.15) is 59.8 Å². The number of hydrogen-bond acceptors (Lipinski definition) is 4. The van der Waals surface area contributed by atoms with Crippen molar-refractivity contribution in [2.75, 3.05) is 0 Å². The first kappa shape index (κ1) is 18.4. The molecule has 0 aliphatic carbocycles. The van der Waals surface area contributed by atoms with Crippen LogP contribution in [-0.2, 0) is 19.1 Å². The molecule has 0 unspecified atom stereocenters. The fraction of sp³-hybridized carbons (Fsp3) is 0.625. The molecule has 0 saturated heterocycles. The Kier molecular flexibility index (Phi) is 8.61. The van der Waals surface area contributed by atoms with Crippen molar-refractivity contribution >= 4 is 11.9 Å². The Morgan fingerprint density at radius 3 is 2.30 bits per heavy atom. The molecule has 0 heterocycles. The number of hydrogen-bond donors (Lipinski definition) is 0. The number of allylic oxidation sites excluding steroid dienone is 1. The molecule has 4 heteroatoms. The quantitative estimate of drug-likeness (QED) is 0.291. The van der Waals surface area contributed by atoms with Gasteiger partial charge in [-0.05, 0) is 31.8 Å². The van der Waals surface area contributed by atoms with Crippen LogP contribution in [0.4, 0.5) is 0 Å². The molecular weight excluding hydrogens is 256 g/mol. The zero-order valence-corrected chi connectivity index (χ0v) is 13.0. The van der Waals surface area contributed by atoms with Gasteiger partial charge in [-0.2, -0.15) is 0 Å². The van der Waals surface area contributed by atoms with Gasteiger partial charge in [0.15, 0.2) is 0 Å². The minimum absolute atomic E-state index is 0.271. The molecule has 0 aromatic heterocycles. The Hall–Kier alpha value is -1.58. The molecule has 4 nitrogen and oxygen atoms in total. The maximum atomic E-state index is 11.5. The van der Waals surface area contributed by atoms with Gasteiger partial charge in [0.05, 0.1) is 0 Å². The number of unbranched alkanes of at least 4 members (excludes halogenated alkanes) is 2. The summed E-state index contributed by atoms with van der Waals surface area (Å²) in [5, 5.41) is 0. The standard InChI is InChI=1S/C16H26O4/c1-6-10-14(17)19-13(2)20-15(18)11-8-7-9-12-16(3,4)5/h6,10H,2,7-9,11-12H2,1,3-5H3/b10-6+. The highest BCUT2D eigenvalue weighted by molar-refractivity contribution is 5.82. The van der Waals surface area contributed by atoms with E-state index in [1.54, 1.807) is 6.92 Å². The van der Waals surface area contributed by atoms with Crippen molar-refractivity contribution in [2.45, 2.75) is 59.8 Å². The van der Waals surface area contributed by atoms with E-state index in [4.69, 9.17) is 4.74 Å². The zero-order chi connectivity index (χ0) is 15.6. The Morgan fingerprint density at radius 1 is 1.10 bits per heavy atom. The van der Waals surface area contributed by atoms with Crippen LogP contribution >= 0.6 is 0 Å². The van der Waals surface area contributed by atoms with Gasteiger partial charge in [0, 0.05) is 12.5 Å². The minimum atomic E-state index is -0.601. The molecule has 0 spiro atoms. The molecule has 0 aliphatic rings. The SMILES string of the molecule is C=C(OC(=O)/C=C/C)OC(=O)CCCCCC(C)(C)C. The molecule has 20 heavy (non-hydrogen) atoms. The smallest absolute Gasteiger partial charge is 0.338 e. The molecule has 0 aliphatic heterocycles. The fourth-order valence-corrected chi connectivity index (χ4v) is 1.58. The van der Waals surface area contributed by atoms with Crippen LogP contribution in [0, 0.1) is 5.41 Å². The normalized spacial score (nSPS) is 11.4. The number of carbonyl (C=O) groups excluding carboxylic acids is 2.